The van der Waals surface area contributed by atoms with E-state index in [-0.39, 0.29) is 28.9 Å². The molecule has 1 heterocycles. The number of aliphatic hydroxyl groups excluding tert-OH is 1. The van der Waals surface area contributed by atoms with Gasteiger partial charge in [0.05, 0.1) is 11.7 Å². The van der Waals surface area contributed by atoms with E-state index in [2.05, 4.69) is 12.8 Å². The second-order valence-electron chi connectivity index (χ2n) is 10.0. The zero-order valence-electron chi connectivity index (χ0n) is 18.0. The minimum absolute atomic E-state index is 0.0513. The Morgan fingerprint density at radius 1 is 1.23 bits per heavy atom. The van der Waals surface area contributed by atoms with Crippen LogP contribution in [0.1, 0.15) is 74.5 Å². The Balaban J connectivity index is 1.55. The summed E-state index contributed by atoms with van der Waals surface area (Å²) < 4.78 is 32.4. The van der Waals surface area contributed by atoms with Gasteiger partial charge in [0, 0.05) is 13.1 Å². The van der Waals surface area contributed by atoms with E-state index in [1.165, 1.54) is 4.31 Å². The molecule has 0 amide bonds. The van der Waals surface area contributed by atoms with Crippen molar-refractivity contribution in [1.29, 1.82) is 0 Å². The number of nitrogens with zero attached hydrogens (tertiary/aromatic N) is 1. The van der Waals surface area contributed by atoms with Crippen LogP contribution in [0, 0.1) is 29.6 Å². The third-order valence-electron chi connectivity index (χ3n) is 8.61. The first-order valence-electron chi connectivity index (χ1n) is 11.5. The fourth-order valence-electron chi connectivity index (χ4n) is 6.99. The average Bonchev–Trinajstić information content (AvgIpc) is 3.38. The molecule has 5 rings (SSSR count). The largest absolute Gasteiger partial charge is 0.504 e. The molecule has 168 valence electrons. The van der Waals surface area contributed by atoms with E-state index in [1.54, 1.807) is 6.07 Å². The summed E-state index contributed by atoms with van der Waals surface area (Å²) in [4.78, 5) is 0. The number of aromatic hydroxyl groups is 1. The second-order valence-corrected chi connectivity index (χ2v) is 11.6. The lowest BCUT2D eigenvalue weighted by Crippen LogP contribution is -2.44. The maximum atomic E-state index is 12.8. The molecule has 1 aromatic carbocycles. The molecule has 7 heteroatoms. The van der Waals surface area contributed by atoms with Crippen LogP contribution in [0.2, 0.25) is 0 Å². The Hall–Kier alpha value is -1.75. The van der Waals surface area contributed by atoms with Crippen molar-refractivity contribution in [2.45, 2.75) is 70.3 Å². The number of phenols is 1. The molecule has 6 nitrogen and oxygen atoms in total. The van der Waals surface area contributed by atoms with Crippen molar-refractivity contribution in [2.24, 2.45) is 17.3 Å². The molecule has 1 aromatic rings. The molecule has 2 N–H and O–H groups in total. The van der Waals surface area contributed by atoms with E-state index in [0.717, 1.165) is 62.5 Å². The number of fused-ring (bicyclic) bond motifs is 5. The first kappa shape index (κ1) is 21.1. The highest BCUT2D eigenvalue weighted by molar-refractivity contribution is 7.84. The van der Waals surface area contributed by atoms with Crippen LogP contribution in [0.15, 0.2) is 6.07 Å². The molecule has 4 aliphatic rings. The molecule has 3 fully saturated rings. The van der Waals surface area contributed by atoms with Crippen LogP contribution < -0.4 is 4.18 Å². The topological polar surface area (TPSA) is 87.1 Å². The van der Waals surface area contributed by atoms with Gasteiger partial charge in [-0.2, -0.15) is 12.7 Å². The number of aliphatic hydroxyl groups is 1. The third-order valence-corrected chi connectivity index (χ3v) is 9.98. The van der Waals surface area contributed by atoms with Crippen molar-refractivity contribution >= 4 is 10.3 Å². The summed E-state index contributed by atoms with van der Waals surface area (Å²) in [6.45, 7) is 3.07. The van der Waals surface area contributed by atoms with Gasteiger partial charge >= 0.3 is 10.3 Å². The maximum absolute atomic E-state index is 12.8. The van der Waals surface area contributed by atoms with Gasteiger partial charge in [-0.05, 0) is 91.7 Å². The van der Waals surface area contributed by atoms with Gasteiger partial charge in [0.1, 0.15) is 0 Å². The quantitative estimate of drug-likeness (QED) is 0.697. The van der Waals surface area contributed by atoms with Crippen molar-refractivity contribution in [3.8, 4) is 23.8 Å². The van der Waals surface area contributed by atoms with Crippen LogP contribution in [0.25, 0.3) is 0 Å². The van der Waals surface area contributed by atoms with Gasteiger partial charge in [-0.15, -0.1) is 6.42 Å². The number of hydrogen-bond acceptors (Lipinski definition) is 5. The molecule has 2 saturated carbocycles. The number of rotatable bonds is 3. The Morgan fingerprint density at radius 2 is 1.97 bits per heavy atom. The van der Waals surface area contributed by atoms with Gasteiger partial charge in [0.2, 0.25) is 5.75 Å². The molecule has 0 radical (unpaired) electrons. The SMILES string of the molecule is C#Cc1c(OS(=O)(=O)N2CCCC2)c(O)cc2c1[C@H]1CC[C@]3(C)[C@@H](O)CC[C@H]3[C@@H]1CC2. The highest BCUT2D eigenvalue weighted by Gasteiger charge is 2.55. The second kappa shape index (κ2) is 7.40. The predicted molar refractivity (Wildman–Crippen MR) is 117 cm³/mol. The summed E-state index contributed by atoms with van der Waals surface area (Å²) in [6.07, 6.45) is 12.7. The third kappa shape index (κ3) is 3.18. The highest BCUT2D eigenvalue weighted by Crippen LogP contribution is 2.62. The number of hydrogen-bond donors (Lipinski definition) is 2. The van der Waals surface area contributed by atoms with Crippen LogP contribution in [0.5, 0.6) is 11.5 Å². The van der Waals surface area contributed by atoms with Crippen molar-refractivity contribution in [3.05, 3.63) is 22.8 Å². The minimum atomic E-state index is -4.01. The molecule has 0 aromatic heterocycles. The molecular weight excluding hydrogens is 414 g/mol. The van der Waals surface area contributed by atoms with E-state index < -0.39 is 10.3 Å². The van der Waals surface area contributed by atoms with Gasteiger partial charge in [-0.1, -0.05) is 12.8 Å². The van der Waals surface area contributed by atoms with E-state index in [4.69, 9.17) is 10.6 Å². The van der Waals surface area contributed by atoms with Gasteiger partial charge in [-0.3, -0.25) is 0 Å². The zero-order valence-corrected chi connectivity index (χ0v) is 18.8. The summed E-state index contributed by atoms with van der Waals surface area (Å²) >= 11 is 0. The number of aryl methyl sites for hydroxylation is 1. The molecule has 3 aliphatic carbocycles. The van der Waals surface area contributed by atoms with Crippen molar-refractivity contribution in [1.82, 2.24) is 4.31 Å². The number of terminal acetylenes is 1. The van der Waals surface area contributed by atoms with Crippen molar-refractivity contribution < 1.29 is 22.8 Å². The van der Waals surface area contributed by atoms with Gasteiger partial charge in [0.15, 0.2) is 5.75 Å². The first-order valence-corrected chi connectivity index (χ1v) is 12.9. The Bertz CT molecular complexity index is 1040. The average molecular weight is 446 g/mol. The summed E-state index contributed by atoms with van der Waals surface area (Å²) in [5.41, 5.74) is 2.31. The molecule has 5 atom stereocenters. The van der Waals surface area contributed by atoms with Crippen LogP contribution in [-0.4, -0.2) is 42.1 Å². The molecule has 1 saturated heterocycles. The van der Waals surface area contributed by atoms with Gasteiger partial charge in [0.25, 0.3) is 0 Å². The fraction of sp³-hybridized carbons (Fsp3) is 0.667. The predicted octanol–water partition coefficient (Wildman–Crippen LogP) is 3.31. The lowest BCUT2D eigenvalue weighted by molar-refractivity contribution is -0.0226. The van der Waals surface area contributed by atoms with Crippen LogP contribution in [-0.2, 0) is 16.7 Å². The number of phenolic OH excluding ortho intramolecular Hbond substituents is 1. The number of benzene rings is 1. The van der Waals surface area contributed by atoms with Crippen LogP contribution >= 0.6 is 0 Å². The van der Waals surface area contributed by atoms with Crippen LogP contribution in [0.3, 0.4) is 0 Å². The maximum Gasteiger partial charge on any atom is 0.385 e. The van der Waals surface area contributed by atoms with E-state index >= 15 is 0 Å². The molecule has 0 spiro atoms. The Kier molecular flexibility index (Phi) is 5.04. The van der Waals surface area contributed by atoms with E-state index in [9.17, 15) is 18.6 Å². The standard InChI is InChI=1S/C24H31NO5S/c1-3-16-22-15(14-20(26)23(16)30-31(28,29)25-12-4-5-13-25)6-7-17-18(22)10-11-24(2)19(17)8-9-21(24)27/h1,14,17-19,21,26-27H,4-13H2,2H3/t17-,18+,19+,21+,24+/m1/s1. The fourth-order valence-corrected chi connectivity index (χ4v) is 8.18. The minimum Gasteiger partial charge on any atom is -0.504 e. The highest BCUT2D eigenvalue weighted by atomic mass is 32.2. The molecule has 0 unspecified atom stereocenters. The molecular formula is C24H31NO5S. The van der Waals surface area contributed by atoms with Crippen LogP contribution in [0.4, 0.5) is 0 Å². The lowest BCUT2D eigenvalue weighted by atomic mass is 9.55. The summed E-state index contributed by atoms with van der Waals surface area (Å²) in [7, 11) is -4.01. The Labute approximate surface area is 184 Å². The van der Waals surface area contributed by atoms with Gasteiger partial charge in [-0.25, -0.2) is 0 Å². The summed E-state index contributed by atoms with van der Waals surface area (Å²) in [5.74, 6) is 3.41. The lowest BCUT2D eigenvalue weighted by Gasteiger charge is -2.50. The molecule has 31 heavy (non-hydrogen) atoms. The monoisotopic (exact) mass is 445 g/mol. The van der Waals surface area contributed by atoms with Crippen molar-refractivity contribution in [3.63, 3.8) is 0 Å². The van der Waals surface area contributed by atoms with E-state index in [1.807, 2.05) is 0 Å². The molecule has 1 aliphatic heterocycles. The zero-order chi connectivity index (χ0) is 22.0. The normalized spacial score (nSPS) is 35.1. The molecule has 0 bridgehead atoms. The summed E-state index contributed by atoms with van der Waals surface area (Å²) in [5, 5.41) is 21.3. The van der Waals surface area contributed by atoms with Gasteiger partial charge < -0.3 is 14.4 Å². The summed E-state index contributed by atoms with van der Waals surface area (Å²) in [6, 6.07) is 1.65. The smallest absolute Gasteiger partial charge is 0.385 e. The first-order chi connectivity index (χ1) is 14.8. The Morgan fingerprint density at radius 3 is 2.68 bits per heavy atom. The van der Waals surface area contributed by atoms with Crippen molar-refractivity contribution in [2.75, 3.05) is 13.1 Å². The van der Waals surface area contributed by atoms with E-state index in [0.29, 0.717) is 30.5 Å².